The zero-order valence-electron chi connectivity index (χ0n) is 14.6. The summed E-state index contributed by atoms with van der Waals surface area (Å²) < 4.78 is 1.33. The van der Waals surface area contributed by atoms with E-state index in [0.717, 1.165) is 24.8 Å². The Kier molecular flexibility index (Phi) is 4.55. The van der Waals surface area contributed by atoms with E-state index in [-0.39, 0.29) is 18.0 Å². The molecule has 1 heterocycles. The molecule has 5 nitrogen and oxygen atoms in total. The first-order chi connectivity index (χ1) is 12.2. The average molecular weight is 339 g/mol. The Morgan fingerprint density at radius 2 is 1.88 bits per heavy atom. The highest BCUT2D eigenvalue weighted by molar-refractivity contribution is 5.81. The van der Waals surface area contributed by atoms with Crippen LogP contribution >= 0.6 is 0 Å². The molecule has 0 N–H and O–H groups in total. The second-order valence-corrected chi connectivity index (χ2v) is 7.48. The number of hydrogen-bond donors (Lipinski definition) is 0. The van der Waals surface area contributed by atoms with E-state index in [1.54, 1.807) is 12.3 Å². The predicted molar refractivity (Wildman–Crippen MR) is 97.3 cm³/mol. The van der Waals surface area contributed by atoms with Gasteiger partial charge in [0.15, 0.2) is 0 Å². The molecular formula is C20H25N3O2. The maximum Gasteiger partial charge on any atom is 0.275 e. The summed E-state index contributed by atoms with van der Waals surface area (Å²) in [5, 5.41) is 5.67. The zero-order valence-corrected chi connectivity index (χ0v) is 14.6. The van der Waals surface area contributed by atoms with Crippen molar-refractivity contribution in [2.24, 2.45) is 5.92 Å². The van der Waals surface area contributed by atoms with Crippen molar-refractivity contribution in [2.75, 3.05) is 6.54 Å². The lowest BCUT2D eigenvalue weighted by Gasteiger charge is -2.34. The fourth-order valence-corrected chi connectivity index (χ4v) is 3.89. The maximum atomic E-state index is 13.0. The lowest BCUT2D eigenvalue weighted by Crippen LogP contribution is -2.45. The van der Waals surface area contributed by atoms with Crippen LogP contribution in [0.4, 0.5) is 0 Å². The van der Waals surface area contributed by atoms with E-state index in [9.17, 15) is 9.59 Å². The topological polar surface area (TPSA) is 55.2 Å². The summed E-state index contributed by atoms with van der Waals surface area (Å²) in [7, 11) is 0. The molecule has 5 heteroatoms. The van der Waals surface area contributed by atoms with Gasteiger partial charge in [-0.1, -0.05) is 37.5 Å². The monoisotopic (exact) mass is 339 g/mol. The van der Waals surface area contributed by atoms with E-state index < -0.39 is 0 Å². The lowest BCUT2D eigenvalue weighted by molar-refractivity contribution is -0.135. The highest BCUT2D eigenvalue weighted by atomic mass is 16.2. The number of rotatable bonds is 5. The van der Waals surface area contributed by atoms with Gasteiger partial charge in [0, 0.05) is 18.0 Å². The fourth-order valence-electron chi connectivity index (χ4n) is 3.89. The van der Waals surface area contributed by atoms with Crippen LogP contribution in [0.2, 0.25) is 0 Å². The number of benzene rings is 1. The first-order valence-corrected chi connectivity index (χ1v) is 9.47. The van der Waals surface area contributed by atoms with Gasteiger partial charge in [-0.3, -0.25) is 9.59 Å². The number of hydrogen-bond acceptors (Lipinski definition) is 3. The van der Waals surface area contributed by atoms with Crippen LogP contribution in [-0.2, 0) is 11.3 Å². The van der Waals surface area contributed by atoms with E-state index in [1.807, 2.05) is 18.2 Å². The lowest BCUT2D eigenvalue weighted by atomic mass is 9.94. The van der Waals surface area contributed by atoms with Crippen molar-refractivity contribution in [3.8, 4) is 0 Å². The molecule has 132 valence electrons. The molecule has 0 radical (unpaired) electrons. The largest absolute Gasteiger partial charge is 0.338 e. The molecule has 0 unspecified atom stereocenters. The van der Waals surface area contributed by atoms with Crippen LogP contribution in [0.15, 0.2) is 35.3 Å². The number of fused-ring (bicyclic) bond motifs is 1. The van der Waals surface area contributed by atoms with Crippen molar-refractivity contribution in [3.63, 3.8) is 0 Å². The highest BCUT2D eigenvalue weighted by Crippen LogP contribution is 2.32. The van der Waals surface area contributed by atoms with Gasteiger partial charge < -0.3 is 4.90 Å². The zero-order chi connectivity index (χ0) is 17.2. The predicted octanol–water partition coefficient (Wildman–Crippen LogP) is 2.97. The molecule has 2 aromatic rings. The van der Waals surface area contributed by atoms with Gasteiger partial charge in [0.1, 0.15) is 6.54 Å². The Labute approximate surface area is 147 Å². The average Bonchev–Trinajstić information content (AvgIpc) is 3.47. The molecule has 2 fully saturated rings. The SMILES string of the molecule is O=C(Cn1ncc2ccccc2c1=O)N(CC1CC1)C1CCCCC1. The van der Waals surface area contributed by atoms with Crippen LogP contribution in [0.5, 0.6) is 0 Å². The van der Waals surface area contributed by atoms with Gasteiger partial charge in [-0.15, -0.1) is 0 Å². The molecule has 1 aromatic heterocycles. The van der Waals surface area contributed by atoms with Crippen molar-refractivity contribution in [1.82, 2.24) is 14.7 Å². The molecule has 1 aromatic carbocycles. The minimum atomic E-state index is -0.179. The van der Waals surface area contributed by atoms with Crippen LogP contribution in [0.3, 0.4) is 0 Å². The van der Waals surface area contributed by atoms with E-state index in [0.29, 0.717) is 17.3 Å². The summed E-state index contributed by atoms with van der Waals surface area (Å²) in [5.74, 6) is 0.704. The molecule has 2 aliphatic carbocycles. The number of carbonyl (C=O) groups excluding carboxylic acids is 1. The van der Waals surface area contributed by atoms with Gasteiger partial charge in [0.05, 0.1) is 11.6 Å². The molecule has 25 heavy (non-hydrogen) atoms. The Bertz CT molecular complexity index is 819. The molecule has 0 saturated heterocycles. The van der Waals surface area contributed by atoms with Gasteiger partial charge in [-0.25, -0.2) is 4.68 Å². The van der Waals surface area contributed by atoms with Crippen molar-refractivity contribution in [2.45, 2.75) is 57.5 Å². The minimum Gasteiger partial charge on any atom is -0.338 e. The normalized spacial score (nSPS) is 18.4. The number of carbonyl (C=O) groups is 1. The van der Waals surface area contributed by atoms with Gasteiger partial charge >= 0.3 is 0 Å². The summed E-state index contributed by atoms with van der Waals surface area (Å²) >= 11 is 0. The van der Waals surface area contributed by atoms with E-state index >= 15 is 0 Å². The molecule has 2 aliphatic rings. The third-order valence-corrected chi connectivity index (χ3v) is 5.53. The Morgan fingerprint density at radius 3 is 2.64 bits per heavy atom. The Morgan fingerprint density at radius 1 is 1.12 bits per heavy atom. The van der Waals surface area contributed by atoms with Gasteiger partial charge in [0.2, 0.25) is 5.91 Å². The summed E-state index contributed by atoms with van der Waals surface area (Å²) in [6, 6.07) is 7.75. The molecule has 1 amide bonds. The van der Waals surface area contributed by atoms with Crippen molar-refractivity contribution >= 4 is 16.7 Å². The Balaban J connectivity index is 1.56. The molecule has 0 bridgehead atoms. The second kappa shape index (κ2) is 6.98. The maximum absolute atomic E-state index is 13.0. The minimum absolute atomic E-state index is 0.0451. The third-order valence-electron chi connectivity index (χ3n) is 5.53. The van der Waals surface area contributed by atoms with E-state index in [1.165, 1.54) is 36.8 Å². The number of amides is 1. The molecule has 2 saturated carbocycles. The summed E-state index contributed by atoms with van der Waals surface area (Å²) in [6.07, 6.45) is 10.00. The number of nitrogens with zero attached hydrogens (tertiary/aromatic N) is 3. The molecule has 0 atom stereocenters. The summed E-state index contributed by atoms with van der Waals surface area (Å²) in [6.45, 7) is 0.902. The van der Waals surface area contributed by atoms with Crippen LogP contribution in [0.1, 0.15) is 44.9 Å². The number of aromatic nitrogens is 2. The van der Waals surface area contributed by atoms with E-state index in [4.69, 9.17) is 0 Å². The van der Waals surface area contributed by atoms with E-state index in [2.05, 4.69) is 10.00 Å². The fraction of sp³-hybridized carbons (Fsp3) is 0.550. The van der Waals surface area contributed by atoms with Gasteiger partial charge in [-0.2, -0.15) is 5.10 Å². The second-order valence-electron chi connectivity index (χ2n) is 7.48. The smallest absolute Gasteiger partial charge is 0.275 e. The molecule has 4 rings (SSSR count). The highest BCUT2D eigenvalue weighted by Gasteiger charge is 2.32. The summed E-state index contributed by atoms with van der Waals surface area (Å²) in [4.78, 5) is 27.7. The quantitative estimate of drug-likeness (QED) is 0.841. The van der Waals surface area contributed by atoms with Crippen molar-refractivity contribution in [3.05, 3.63) is 40.8 Å². The van der Waals surface area contributed by atoms with Crippen molar-refractivity contribution < 1.29 is 4.79 Å². The molecular weight excluding hydrogens is 314 g/mol. The standard InChI is InChI=1S/C20H25N3O2/c24-19(22(13-15-10-11-15)17-7-2-1-3-8-17)14-23-20(25)18-9-5-4-6-16(18)12-21-23/h4-6,9,12,15,17H,1-3,7-8,10-11,13-14H2. The first-order valence-electron chi connectivity index (χ1n) is 9.47. The van der Waals surface area contributed by atoms with Crippen LogP contribution < -0.4 is 5.56 Å². The molecule has 0 spiro atoms. The molecule has 0 aliphatic heterocycles. The Hall–Kier alpha value is -2.17. The van der Waals surface area contributed by atoms with Crippen LogP contribution in [0, 0.1) is 5.92 Å². The third kappa shape index (κ3) is 3.60. The van der Waals surface area contributed by atoms with Crippen molar-refractivity contribution in [1.29, 1.82) is 0 Å². The van der Waals surface area contributed by atoms with Gasteiger partial charge in [0.25, 0.3) is 5.56 Å². The first kappa shape index (κ1) is 16.3. The van der Waals surface area contributed by atoms with Crippen LogP contribution in [0.25, 0.3) is 10.8 Å². The summed E-state index contributed by atoms with van der Waals surface area (Å²) in [5.41, 5.74) is -0.179. The van der Waals surface area contributed by atoms with Gasteiger partial charge in [-0.05, 0) is 37.7 Å². The van der Waals surface area contributed by atoms with Crippen LogP contribution in [-0.4, -0.2) is 33.2 Å².